The summed E-state index contributed by atoms with van der Waals surface area (Å²) in [5.41, 5.74) is 2.38. The van der Waals surface area contributed by atoms with Gasteiger partial charge in [0.2, 0.25) is 5.91 Å². The summed E-state index contributed by atoms with van der Waals surface area (Å²) in [5.74, 6) is 2.50. The standard InChI is InChI=1S/C22H31N5O/c1-3-23-20-13-21(26-16-25-20)27-12-4-5-19(15-27)10-11-22(28)24-14-18-8-6-17(2)7-9-18/h6-9,13,16,19H,3-5,10-12,14-15H2,1-2H3,(H,24,28)(H,23,25,26)/t19-/m0/s1. The van der Waals surface area contributed by atoms with Crippen molar-refractivity contribution in [2.75, 3.05) is 29.9 Å². The second-order valence-electron chi connectivity index (χ2n) is 7.55. The Morgan fingerprint density at radius 1 is 1.25 bits per heavy atom. The molecule has 1 aromatic heterocycles. The van der Waals surface area contributed by atoms with E-state index in [0.717, 1.165) is 49.7 Å². The highest BCUT2D eigenvalue weighted by molar-refractivity contribution is 5.75. The number of carbonyl (C=O) groups is 1. The molecule has 1 saturated heterocycles. The molecule has 1 aliphatic rings. The molecule has 2 heterocycles. The van der Waals surface area contributed by atoms with Crippen LogP contribution in [0.2, 0.25) is 0 Å². The van der Waals surface area contributed by atoms with Crippen LogP contribution in [0.15, 0.2) is 36.7 Å². The predicted molar refractivity (Wildman–Crippen MR) is 113 cm³/mol. The van der Waals surface area contributed by atoms with Gasteiger partial charge in [-0.1, -0.05) is 29.8 Å². The van der Waals surface area contributed by atoms with Crippen LogP contribution in [-0.4, -0.2) is 35.5 Å². The van der Waals surface area contributed by atoms with Crippen molar-refractivity contribution >= 4 is 17.5 Å². The van der Waals surface area contributed by atoms with E-state index >= 15 is 0 Å². The van der Waals surface area contributed by atoms with Crippen molar-refractivity contribution < 1.29 is 4.79 Å². The first-order valence-corrected chi connectivity index (χ1v) is 10.3. The summed E-state index contributed by atoms with van der Waals surface area (Å²) in [6.45, 7) is 7.54. The van der Waals surface area contributed by atoms with E-state index in [4.69, 9.17) is 0 Å². The maximum absolute atomic E-state index is 12.2. The van der Waals surface area contributed by atoms with E-state index in [-0.39, 0.29) is 5.91 Å². The molecule has 2 N–H and O–H groups in total. The van der Waals surface area contributed by atoms with Gasteiger partial charge in [-0.2, -0.15) is 0 Å². The van der Waals surface area contributed by atoms with Crippen LogP contribution in [0.4, 0.5) is 11.6 Å². The lowest BCUT2D eigenvalue weighted by atomic mass is 9.93. The molecular formula is C22H31N5O. The van der Waals surface area contributed by atoms with Crippen LogP contribution in [0, 0.1) is 12.8 Å². The maximum Gasteiger partial charge on any atom is 0.220 e. The van der Waals surface area contributed by atoms with Gasteiger partial charge in [0.1, 0.15) is 18.0 Å². The Labute approximate surface area is 167 Å². The Morgan fingerprint density at radius 3 is 2.86 bits per heavy atom. The van der Waals surface area contributed by atoms with Crippen LogP contribution >= 0.6 is 0 Å². The number of piperidine rings is 1. The fraction of sp³-hybridized carbons (Fsp3) is 0.500. The summed E-state index contributed by atoms with van der Waals surface area (Å²) in [4.78, 5) is 23.3. The van der Waals surface area contributed by atoms with Gasteiger partial charge in [0, 0.05) is 38.7 Å². The third kappa shape index (κ3) is 5.94. The normalized spacial score (nSPS) is 16.6. The maximum atomic E-state index is 12.2. The zero-order chi connectivity index (χ0) is 19.8. The Kier molecular flexibility index (Phi) is 7.23. The number of anilines is 2. The number of hydrogen-bond donors (Lipinski definition) is 2. The Balaban J connectivity index is 1.45. The predicted octanol–water partition coefficient (Wildman–Crippen LogP) is 3.53. The molecule has 0 saturated carbocycles. The minimum absolute atomic E-state index is 0.133. The fourth-order valence-corrected chi connectivity index (χ4v) is 3.64. The number of carbonyl (C=O) groups excluding carboxylic acids is 1. The average Bonchev–Trinajstić information content (AvgIpc) is 2.72. The second kappa shape index (κ2) is 10.1. The van der Waals surface area contributed by atoms with Gasteiger partial charge in [0.25, 0.3) is 0 Å². The molecule has 150 valence electrons. The highest BCUT2D eigenvalue weighted by Gasteiger charge is 2.22. The molecule has 1 fully saturated rings. The largest absolute Gasteiger partial charge is 0.370 e. The zero-order valence-electron chi connectivity index (χ0n) is 16.9. The number of aryl methyl sites for hydroxylation is 1. The van der Waals surface area contributed by atoms with Crippen molar-refractivity contribution in [3.05, 3.63) is 47.8 Å². The Bertz CT molecular complexity index is 762. The van der Waals surface area contributed by atoms with E-state index in [2.05, 4.69) is 63.6 Å². The van der Waals surface area contributed by atoms with E-state index in [1.165, 1.54) is 12.0 Å². The lowest BCUT2D eigenvalue weighted by Gasteiger charge is -2.33. The lowest BCUT2D eigenvalue weighted by molar-refractivity contribution is -0.121. The van der Waals surface area contributed by atoms with E-state index in [9.17, 15) is 4.79 Å². The van der Waals surface area contributed by atoms with Gasteiger partial charge in [-0.3, -0.25) is 4.79 Å². The second-order valence-corrected chi connectivity index (χ2v) is 7.55. The van der Waals surface area contributed by atoms with Gasteiger partial charge >= 0.3 is 0 Å². The van der Waals surface area contributed by atoms with E-state index in [1.54, 1.807) is 6.33 Å². The van der Waals surface area contributed by atoms with Gasteiger partial charge in [-0.05, 0) is 44.6 Å². The van der Waals surface area contributed by atoms with Gasteiger partial charge in [0.15, 0.2) is 0 Å². The van der Waals surface area contributed by atoms with Crippen molar-refractivity contribution in [2.24, 2.45) is 5.92 Å². The van der Waals surface area contributed by atoms with Crippen molar-refractivity contribution in [3.8, 4) is 0 Å². The molecule has 0 spiro atoms. The first-order valence-electron chi connectivity index (χ1n) is 10.3. The molecule has 1 amide bonds. The van der Waals surface area contributed by atoms with Crippen molar-refractivity contribution in [2.45, 2.75) is 46.1 Å². The number of rotatable bonds is 8. The van der Waals surface area contributed by atoms with E-state index in [1.807, 2.05) is 6.07 Å². The number of nitrogens with zero attached hydrogens (tertiary/aromatic N) is 3. The summed E-state index contributed by atoms with van der Waals surface area (Å²) in [6, 6.07) is 10.3. The van der Waals surface area contributed by atoms with Crippen LogP contribution in [-0.2, 0) is 11.3 Å². The van der Waals surface area contributed by atoms with Crippen LogP contribution in [0.5, 0.6) is 0 Å². The third-order valence-electron chi connectivity index (χ3n) is 5.24. The highest BCUT2D eigenvalue weighted by Crippen LogP contribution is 2.25. The molecule has 28 heavy (non-hydrogen) atoms. The number of hydrogen-bond acceptors (Lipinski definition) is 5. The van der Waals surface area contributed by atoms with Gasteiger partial charge < -0.3 is 15.5 Å². The number of amides is 1. The van der Waals surface area contributed by atoms with Crippen molar-refractivity contribution in [1.82, 2.24) is 15.3 Å². The first kappa shape index (κ1) is 20.1. The highest BCUT2D eigenvalue weighted by atomic mass is 16.1. The molecule has 3 rings (SSSR count). The molecule has 0 bridgehead atoms. The molecular weight excluding hydrogens is 350 g/mol. The summed E-state index contributed by atoms with van der Waals surface area (Å²) in [6.07, 6.45) is 5.43. The summed E-state index contributed by atoms with van der Waals surface area (Å²) >= 11 is 0. The zero-order valence-corrected chi connectivity index (χ0v) is 16.9. The van der Waals surface area contributed by atoms with E-state index < -0.39 is 0 Å². The fourth-order valence-electron chi connectivity index (χ4n) is 3.64. The molecule has 0 radical (unpaired) electrons. The monoisotopic (exact) mass is 381 g/mol. The summed E-state index contributed by atoms with van der Waals surface area (Å²) in [5, 5.41) is 6.28. The lowest BCUT2D eigenvalue weighted by Crippen LogP contribution is -2.36. The molecule has 1 aromatic carbocycles. The van der Waals surface area contributed by atoms with Crippen molar-refractivity contribution in [1.29, 1.82) is 0 Å². The topological polar surface area (TPSA) is 70.2 Å². The number of benzene rings is 1. The third-order valence-corrected chi connectivity index (χ3v) is 5.24. The van der Waals surface area contributed by atoms with Crippen LogP contribution in [0.1, 0.15) is 43.7 Å². The van der Waals surface area contributed by atoms with Crippen LogP contribution in [0.3, 0.4) is 0 Å². The van der Waals surface area contributed by atoms with Crippen LogP contribution < -0.4 is 15.5 Å². The van der Waals surface area contributed by atoms with Gasteiger partial charge in [-0.25, -0.2) is 9.97 Å². The van der Waals surface area contributed by atoms with Crippen LogP contribution in [0.25, 0.3) is 0 Å². The van der Waals surface area contributed by atoms with Crippen molar-refractivity contribution in [3.63, 3.8) is 0 Å². The molecule has 6 heteroatoms. The van der Waals surface area contributed by atoms with Gasteiger partial charge in [-0.15, -0.1) is 0 Å². The quantitative estimate of drug-likeness (QED) is 0.732. The molecule has 0 unspecified atom stereocenters. The molecule has 2 aromatic rings. The van der Waals surface area contributed by atoms with E-state index in [0.29, 0.717) is 18.9 Å². The first-order chi connectivity index (χ1) is 13.6. The SMILES string of the molecule is CCNc1cc(N2CCC[C@@H](CCC(=O)NCc3ccc(C)cc3)C2)ncn1. The summed E-state index contributed by atoms with van der Waals surface area (Å²) < 4.78 is 0. The minimum Gasteiger partial charge on any atom is -0.370 e. The Morgan fingerprint density at radius 2 is 2.07 bits per heavy atom. The number of nitrogens with one attached hydrogen (secondary N) is 2. The molecule has 6 nitrogen and oxygen atoms in total. The summed E-state index contributed by atoms with van der Waals surface area (Å²) in [7, 11) is 0. The smallest absolute Gasteiger partial charge is 0.220 e. The Hall–Kier alpha value is -2.63. The number of aromatic nitrogens is 2. The minimum atomic E-state index is 0.133. The molecule has 0 aliphatic carbocycles. The van der Waals surface area contributed by atoms with Gasteiger partial charge in [0.05, 0.1) is 0 Å². The molecule has 1 aliphatic heterocycles. The average molecular weight is 382 g/mol. The molecule has 1 atom stereocenters.